The number of carboxylic acids is 1. The van der Waals surface area contributed by atoms with Crippen LogP contribution < -0.4 is 4.90 Å². The predicted molar refractivity (Wildman–Crippen MR) is 63.4 cm³/mol. The monoisotopic (exact) mass is 238 g/mol. The summed E-state index contributed by atoms with van der Waals surface area (Å²) < 4.78 is 0. The summed E-state index contributed by atoms with van der Waals surface area (Å²) in [7, 11) is 0. The second kappa shape index (κ2) is 5.29. The standard InChI is InChI=1S/C11H14N2O4/c1-3-12(7-11(14)15)9-4-5-10(13(16)17)8(2)6-9/h4-6H,3,7H2,1-2H3,(H,14,15). The Morgan fingerprint density at radius 1 is 1.53 bits per heavy atom. The summed E-state index contributed by atoms with van der Waals surface area (Å²) in [6.07, 6.45) is 0. The van der Waals surface area contributed by atoms with Gasteiger partial charge in [-0.2, -0.15) is 0 Å². The number of anilines is 1. The van der Waals surface area contributed by atoms with Gasteiger partial charge >= 0.3 is 5.97 Å². The maximum absolute atomic E-state index is 10.7. The van der Waals surface area contributed by atoms with Crippen molar-refractivity contribution < 1.29 is 14.8 Å². The summed E-state index contributed by atoms with van der Waals surface area (Å²) in [6.45, 7) is 3.88. The molecule has 0 amide bonds. The normalized spacial score (nSPS) is 10.0. The molecule has 0 heterocycles. The lowest BCUT2D eigenvalue weighted by atomic mass is 10.1. The number of hydrogen-bond acceptors (Lipinski definition) is 4. The van der Waals surface area contributed by atoms with Gasteiger partial charge < -0.3 is 10.0 Å². The van der Waals surface area contributed by atoms with E-state index in [1.807, 2.05) is 6.92 Å². The SMILES string of the molecule is CCN(CC(=O)O)c1ccc([N+](=O)[O-])c(C)c1. The molecule has 0 fully saturated rings. The van der Waals surface area contributed by atoms with Gasteiger partial charge in [0, 0.05) is 23.9 Å². The van der Waals surface area contributed by atoms with Crippen LogP contribution in [0.5, 0.6) is 0 Å². The molecule has 0 bridgehead atoms. The Morgan fingerprint density at radius 3 is 2.59 bits per heavy atom. The predicted octanol–water partition coefficient (Wildman–Crippen LogP) is 1.81. The second-order valence-electron chi connectivity index (χ2n) is 3.64. The third kappa shape index (κ3) is 3.17. The number of aliphatic carboxylic acids is 1. The van der Waals surface area contributed by atoms with Crippen LogP contribution >= 0.6 is 0 Å². The zero-order valence-corrected chi connectivity index (χ0v) is 9.71. The fourth-order valence-electron chi connectivity index (χ4n) is 1.59. The topological polar surface area (TPSA) is 83.7 Å². The highest BCUT2D eigenvalue weighted by Gasteiger charge is 2.14. The molecule has 0 unspecified atom stereocenters. The highest BCUT2D eigenvalue weighted by molar-refractivity contribution is 5.74. The number of carbonyl (C=O) groups is 1. The first kappa shape index (κ1) is 13.0. The molecule has 0 aliphatic rings. The Morgan fingerprint density at radius 2 is 2.18 bits per heavy atom. The van der Waals surface area contributed by atoms with E-state index in [0.29, 0.717) is 17.8 Å². The average Bonchev–Trinajstić information content (AvgIpc) is 2.24. The third-order valence-electron chi connectivity index (χ3n) is 2.45. The van der Waals surface area contributed by atoms with Crippen LogP contribution in [0.1, 0.15) is 12.5 Å². The van der Waals surface area contributed by atoms with Gasteiger partial charge in [-0.1, -0.05) is 0 Å². The van der Waals surface area contributed by atoms with Crippen molar-refractivity contribution in [3.63, 3.8) is 0 Å². The van der Waals surface area contributed by atoms with Crippen LogP contribution in [0.4, 0.5) is 11.4 Å². The summed E-state index contributed by atoms with van der Waals surface area (Å²) >= 11 is 0. The van der Waals surface area contributed by atoms with Crippen molar-refractivity contribution in [2.75, 3.05) is 18.0 Å². The van der Waals surface area contributed by atoms with Gasteiger partial charge in [0.05, 0.1) is 4.92 Å². The fourth-order valence-corrected chi connectivity index (χ4v) is 1.59. The largest absolute Gasteiger partial charge is 0.480 e. The van der Waals surface area contributed by atoms with Crippen LogP contribution in [0.25, 0.3) is 0 Å². The summed E-state index contributed by atoms with van der Waals surface area (Å²) in [5, 5.41) is 19.4. The third-order valence-corrected chi connectivity index (χ3v) is 2.45. The zero-order valence-electron chi connectivity index (χ0n) is 9.71. The van der Waals surface area contributed by atoms with E-state index >= 15 is 0 Å². The van der Waals surface area contributed by atoms with Crippen molar-refractivity contribution in [3.05, 3.63) is 33.9 Å². The van der Waals surface area contributed by atoms with Gasteiger partial charge in [0.2, 0.25) is 0 Å². The average molecular weight is 238 g/mol. The first-order chi connectivity index (χ1) is 7.95. The van der Waals surface area contributed by atoms with Crippen molar-refractivity contribution in [1.29, 1.82) is 0 Å². The maximum Gasteiger partial charge on any atom is 0.323 e. The van der Waals surface area contributed by atoms with Gasteiger partial charge in [0.15, 0.2) is 0 Å². The molecule has 0 radical (unpaired) electrons. The van der Waals surface area contributed by atoms with Crippen molar-refractivity contribution in [2.24, 2.45) is 0 Å². The molecule has 1 rings (SSSR count). The molecule has 0 atom stereocenters. The minimum absolute atomic E-state index is 0.0418. The van der Waals surface area contributed by atoms with E-state index in [2.05, 4.69) is 0 Å². The van der Waals surface area contributed by atoms with E-state index in [-0.39, 0.29) is 12.2 Å². The van der Waals surface area contributed by atoms with Crippen molar-refractivity contribution in [3.8, 4) is 0 Å². The lowest BCUT2D eigenvalue weighted by Gasteiger charge is -2.21. The van der Waals surface area contributed by atoms with Crippen LogP contribution in [-0.2, 0) is 4.79 Å². The van der Waals surface area contributed by atoms with E-state index in [1.54, 1.807) is 24.0 Å². The van der Waals surface area contributed by atoms with Gasteiger partial charge in [-0.15, -0.1) is 0 Å². The highest BCUT2D eigenvalue weighted by atomic mass is 16.6. The van der Waals surface area contributed by atoms with Crippen LogP contribution in [0.2, 0.25) is 0 Å². The molecule has 17 heavy (non-hydrogen) atoms. The highest BCUT2D eigenvalue weighted by Crippen LogP contribution is 2.23. The molecule has 0 aromatic heterocycles. The molecule has 6 heteroatoms. The first-order valence-corrected chi connectivity index (χ1v) is 5.17. The van der Waals surface area contributed by atoms with Crippen LogP contribution in [-0.4, -0.2) is 29.1 Å². The first-order valence-electron chi connectivity index (χ1n) is 5.17. The molecule has 0 aliphatic carbocycles. The molecule has 0 saturated heterocycles. The van der Waals surface area contributed by atoms with Gasteiger partial charge in [0.25, 0.3) is 5.69 Å². The summed E-state index contributed by atoms with van der Waals surface area (Å²) in [5.41, 5.74) is 1.24. The van der Waals surface area contributed by atoms with Crippen LogP contribution in [0.15, 0.2) is 18.2 Å². The number of carboxylic acid groups (broad SMARTS) is 1. The number of nitro benzene ring substituents is 1. The van der Waals surface area contributed by atoms with Gasteiger partial charge in [-0.25, -0.2) is 0 Å². The van der Waals surface area contributed by atoms with Crippen molar-refractivity contribution in [1.82, 2.24) is 0 Å². The van der Waals surface area contributed by atoms with Gasteiger partial charge in [-0.3, -0.25) is 14.9 Å². The number of nitrogens with zero attached hydrogens (tertiary/aromatic N) is 2. The zero-order chi connectivity index (χ0) is 13.0. The summed E-state index contributed by atoms with van der Waals surface area (Å²) in [6, 6.07) is 4.59. The van der Waals surface area contributed by atoms with Crippen molar-refractivity contribution in [2.45, 2.75) is 13.8 Å². The summed E-state index contributed by atoms with van der Waals surface area (Å²) in [4.78, 5) is 22.5. The number of nitro groups is 1. The smallest absolute Gasteiger partial charge is 0.323 e. The fraction of sp³-hybridized carbons (Fsp3) is 0.364. The molecule has 0 aliphatic heterocycles. The minimum Gasteiger partial charge on any atom is -0.480 e. The Bertz CT molecular complexity index is 445. The molecule has 6 nitrogen and oxygen atoms in total. The van der Waals surface area contributed by atoms with Crippen molar-refractivity contribution >= 4 is 17.3 Å². The molecule has 0 spiro atoms. The quantitative estimate of drug-likeness (QED) is 0.624. The molecule has 92 valence electrons. The number of rotatable bonds is 5. The Kier molecular flexibility index (Phi) is 4.03. The maximum atomic E-state index is 10.7. The van der Waals surface area contributed by atoms with Gasteiger partial charge in [0.1, 0.15) is 6.54 Å². The van der Waals surface area contributed by atoms with E-state index < -0.39 is 10.9 Å². The molecule has 1 N–H and O–H groups in total. The Balaban J connectivity index is 3.02. The Labute approximate surface area is 98.6 Å². The number of benzene rings is 1. The number of aryl methyl sites for hydroxylation is 1. The van der Waals surface area contributed by atoms with Crippen LogP contribution in [0.3, 0.4) is 0 Å². The lowest BCUT2D eigenvalue weighted by Crippen LogP contribution is -2.29. The minimum atomic E-state index is -0.928. The number of likely N-dealkylation sites (N-methyl/N-ethyl adjacent to an activating group) is 1. The molecule has 1 aromatic carbocycles. The number of hydrogen-bond donors (Lipinski definition) is 1. The van der Waals surface area contributed by atoms with E-state index in [4.69, 9.17) is 5.11 Å². The summed E-state index contributed by atoms with van der Waals surface area (Å²) in [5.74, 6) is -0.928. The lowest BCUT2D eigenvalue weighted by molar-refractivity contribution is -0.385. The molecule has 0 saturated carbocycles. The van der Waals surface area contributed by atoms with E-state index in [9.17, 15) is 14.9 Å². The Hall–Kier alpha value is -2.11. The van der Waals surface area contributed by atoms with Crippen LogP contribution in [0, 0.1) is 17.0 Å². The van der Waals surface area contributed by atoms with Gasteiger partial charge in [-0.05, 0) is 26.0 Å². The molecular formula is C11H14N2O4. The second-order valence-corrected chi connectivity index (χ2v) is 3.64. The molecule has 1 aromatic rings. The van der Waals surface area contributed by atoms with E-state index in [1.165, 1.54) is 6.07 Å². The van der Waals surface area contributed by atoms with E-state index in [0.717, 1.165) is 0 Å². The molecular weight excluding hydrogens is 224 g/mol.